The van der Waals surface area contributed by atoms with Gasteiger partial charge in [-0.05, 0) is 25.0 Å². The maximum atomic E-state index is 13.0. The van der Waals surface area contributed by atoms with E-state index in [1.165, 1.54) is 10.9 Å². The Morgan fingerprint density at radius 2 is 2.11 bits per heavy atom. The molecule has 1 saturated heterocycles. The van der Waals surface area contributed by atoms with Gasteiger partial charge in [0.1, 0.15) is 5.56 Å². The summed E-state index contributed by atoms with van der Waals surface area (Å²) >= 11 is 3.26. The fourth-order valence-corrected chi connectivity index (χ4v) is 5.77. The zero-order valence-corrected chi connectivity index (χ0v) is 16.3. The minimum absolute atomic E-state index is 0.186. The van der Waals surface area contributed by atoms with Crippen LogP contribution in [0.4, 0.5) is 0 Å². The molecule has 3 aromatic rings. The van der Waals surface area contributed by atoms with Crippen molar-refractivity contribution in [1.29, 1.82) is 0 Å². The fourth-order valence-electron chi connectivity index (χ4n) is 3.76. The van der Waals surface area contributed by atoms with Gasteiger partial charge in [-0.15, -0.1) is 11.3 Å². The summed E-state index contributed by atoms with van der Waals surface area (Å²) < 4.78 is 2.79. The molecular weight excluding hydrogens is 380 g/mol. The molecule has 0 aliphatic carbocycles. The number of thioether (sulfide) groups is 1. The van der Waals surface area contributed by atoms with Crippen molar-refractivity contribution in [3.8, 4) is 0 Å². The smallest absolute Gasteiger partial charge is 0.267 e. The molecule has 0 spiro atoms. The van der Waals surface area contributed by atoms with Gasteiger partial charge < -0.3 is 4.90 Å². The van der Waals surface area contributed by atoms with E-state index in [-0.39, 0.29) is 22.9 Å². The van der Waals surface area contributed by atoms with Gasteiger partial charge in [-0.25, -0.2) is 9.97 Å². The first-order valence-corrected chi connectivity index (χ1v) is 10.9. The summed E-state index contributed by atoms with van der Waals surface area (Å²) in [7, 11) is 0. The molecule has 1 aromatic carbocycles. The molecule has 1 amide bonds. The average molecular weight is 399 g/mol. The highest BCUT2D eigenvalue weighted by Gasteiger charge is 2.30. The Morgan fingerprint density at radius 1 is 1.22 bits per heavy atom. The van der Waals surface area contributed by atoms with Crippen LogP contribution in [0.2, 0.25) is 0 Å². The lowest BCUT2D eigenvalue weighted by Crippen LogP contribution is -2.42. The first-order valence-electron chi connectivity index (χ1n) is 9.08. The topological polar surface area (TPSA) is 68.1 Å². The summed E-state index contributed by atoms with van der Waals surface area (Å²) in [5.41, 5.74) is 0.989. The zero-order chi connectivity index (χ0) is 18.4. The molecule has 6 nitrogen and oxygen atoms in total. The fraction of sp³-hybridized carbons (Fsp3) is 0.368. The Kier molecular flexibility index (Phi) is 4.24. The van der Waals surface area contributed by atoms with Crippen LogP contribution in [-0.2, 0) is 6.54 Å². The zero-order valence-electron chi connectivity index (χ0n) is 14.6. The molecule has 0 N–H and O–H groups in total. The van der Waals surface area contributed by atoms with Gasteiger partial charge in [0.15, 0.2) is 5.16 Å². The Hall–Kier alpha value is -2.19. The molecule has 5 rings (SSSR count). The molecule has 0 radical (unpaired) electrons. The van der Waals surface area contributed by atoms with Crippen molar-refractivity contribution in [3.63, 3.8) is 0 Å². The number of carbonyl (C=O) groups excluding carboxylic acids is 1. The Balaban J connectivity index is 1.41. The summed E-state index contributed by atoms with van der Waals surface area (Å²) in [4.78, 5) is 36.6. The molecule has 1 atom stereocenters. The molecule has 0 bridgehead atoms. The normalized spacial score (nSPS) is 19.4. The van der Waals surface area contributed by atoms with Crippen LogP contribution >= 0.6 is 23.1 Å². The molecule has 2 aromatic heterocycles. The molecule has 0 unspecified atom stereocenters. The van der Waals surface area contributed by atoms with E-state index in [4.69, 9.17) is 4.98 Å². The van der Waals surface area contributed by atoms with Crippen LogP contribution in [0, 0.1) is 0 Å². The second-order valence-corrected chi connectivity index (χ2v) is 8.99. The van der Waals surface area contributed by atoms with Crippen LogP contribution in [0.3, 0.4) is 0 Å². The van der Waals surface area contributed by atoms with E-state index >= 15 is 0 Å². The number of hydrogen-bond donors (Lipinski definition) is 0. The standard InChI is InChI=1S/C19H18N4O2S2/c24-17(13-10-20-19-23(18(13)25)8-9-26-19)22-7-3-4-12(11-22)16-21-14-5-1-2-6-15(14)27-16/h1-2,5-6,10,12H,3-4,7-9,11H2/t12-/m0/s1. The number of benzene rings is 1. The third-order valence-electron chi connectivity index (χ3n) is 5.16. The number of amides is 1. The Bertz CT molecular complexity index is 1060. The van der Waals surface area contributed by atoms with E-state index < -0.39 is 0 Å². The predicted octanol–water partition coefficient (Wildman–Crippen LogP) is 2.98. The van der Waals surface area contributed by atoms with Gasteiger partial charge in [-0.3, -0.25) is 14.2 Å². The van der Waals surface area contributed by atoms with Crippen LogP contribution < -0.4 is 5.56 Å². The lowest BCUT2D eigenvalue weighted by molar-refractivity contribution is 0.0703. The summed E-state index contributed by atoms with van der Waals surface area (Å²) in [6.45, 7) is 1.91. The van der Waals surface area contributed by atoms with Gasteiger partial charge >= 0.3 is 0 Å². The maximum Gasteiger partial charge on any atom is 0.267 e. The second kappa shape index (κ2) is 6.76. The lowest BCUT2D eigenvalue weighted by Gasteiger charge is -2.31. The summed E-state index contributed by atoms with van der Waals surface area (Å²) in [5.74, 6) is 0.856. The van der Waals surface area contributed by atoms with Gasteiger partial charge in [-0.2, -0.15) is 0 Å². The molecule has 8 heteroatoms. The van der Waals surface area contributed by atoms with Gasteiger partial charge in [0.2, 0.25) is 0 Å². The number of rotatable bonds is 2. The van der Waals surface area contributed by atoms with Crippen LogP contribution in [0.25, 0.3) is 10.2 Å². The number of para-hydroxylation sites is 1. The number of nitrogens with zero attached hydrogens (tertiary/aromatic N) is 4. The minimum Gasteiger partial charge on any atom is -0.338 e. The van der Waals surface area contributed by atoms with Crippen molar-refractivity contribution in [2.75, 3.05) is 18.8 Å². The molecule has 138 valence electrons. The van der Waals surface area contributed by atoms with Gasteiger partial charge in [-0.1, -0.05) is 23.9 Å². The van der Waals surface area contributed by atoms with Crippen molar-refractivity contribution < 1.29 is 4.79 Å². The summed E-state index contributed by atoms with van der Waals surface area (Å²) in [6, 6.07) is 8.12. The first-order chi connectivity index (χ1) is 13.2. The highest BCUT2D eigenvalue weighted by molar-refractivity contribution is 7.99. The predicted molar refractivity (Wildman–Crippen MR) is 107 cm³/mol. The highest BCUT2D eigenvalue weighted by Crippen LogP contribution is 2.33. The third-order valence-corrected chi connectivity index (χ3v) is 7.32. The maximum absolute atomic E-state index is 13.0. The Labute approximate surface area is 164 Å². The number of aromatic nitrogens is 3. The van der Waals surface area contributed by atoms with E-state index in [1.54, 1.807) is 32.6 Å². The van der Waals surface area contributed by atoms with Gasteiger partial charge in [0.05, 0.1) is 15.2 Å². The van der Waals surface area contributed by atoms with Crippen molar-refractivity contribution in [2.45, 2.75) is 30.5 Å². The Morgan fingerprint density at radius 3 is 3.00 bits per heavy atom. The summed E-state index contributed by atoms with van der Waals surface area (Å²) in [5, 5.41) is 1.79. The minimum atomic E-state index is -0.211. The first kappa shape index (κ1) is 16.9. The quantitative estimate of drug-likeness (QED) is 0.621. The molecule has 27 heavy (non-hydrogen) atoms. The molecule has 1 fully saturated rings. The SMILES string of the molecule is O=C(c1cnc2n(c1=O)CCS2)N1CCC[C@H](c2nc3ccccc3s2)C1. The largest absolute Gasteiger partial charge is 0.338 e. The van der Waals surface area contributed by atoms with E-state index in [0.717, 1.165) is 29.1 Å². The van der Waals surface area contributed by atoms with E-state index in [9.17, 15) is 9.59 Å². The van der Waals surface area contributed by atoms with Crippen LogP contribution in [0.15, 0.2) is 40.4 Å². The van der Waals surface area contributed by atoms with Crippen LogP contribution in [0.5, 0.6) is 0 Å². The number of fused-ring (bicyclic) bond motifs is 2. The summed E-state index contributed by atoms with van der Waals surface area (Å²) in [6.07, 6.45) is 3.39. The number of carbonyl (C=O) groups is 1. The van der Waals surface area contributed by atoms with E-state index in [2.05, 4.69) is 11.1 Å². The lowest BCUT2D eigenvalue weighted by atomic mass is 9.98. The molecule has 2 aliphatic rings. The molecular formula is C19H18N4O2S2. The average Bonchev–Trinajstić information content (AvgIpc) is 3.35. The van der Waals surface area contributed by atoms with Crippen molar-refractivity contribution >= 4 is 39.2 Å². The number of thiazole rings is 1. The third kappa shape index (κ3) is 2.96. The number of piperidine rings is 1. The highest BCUT2D eigenvalue weighted by atomic mass is 32.2. The van der Waals surface area contributed by atoms with Crippen LogP contribution in [-0.4, -0.2) is 44.2 Å². The monoisotopic (exact) mass is 398 g/mol. The van der Waals surface area contributed by atoms with Crippen molar-refractivity contribution in [1.82, 2.24) is 19.4 Å². The van der Waals surface area contributed by atoms with E-state index in [1.807, 2.05) is 18.2 Å². The molecule has 4 heterocycles. The van der Waals surface area contributed by atoms with Crippen molar-refractivity contribution in [3.05, 3.63) is 51.4 Å². The number of likely N-dealkylation sites (tertiary alicyclic amines) is 1. The van der Waals surface area contributed by atoms with Crippen molar-refractivity contribution in [2.24, 2.45) is 0 Å². The van der Waals surface area contributed by atoms with Gasteiger partial charge in [0, 0.05) is 37.5 Å². The molecule has 0 saturated carbocycles. The number of hydrogen-bond acceptors (Lipinski definition) is 6. The molecule has 2 aliphatic heterocycles. The van der Waals surface area contributed by atoms with Crippen LogP contribution in [0.1, 0.15) is 34.1 Å². The van der Waals surface area contributed by atoms with Gasteiger partial charge in [0.25, 0.3) is 11.5 Å². The second-order valence-electron chi connectivity index (χ2n) is 6.87. The van der Waals surface area contributed by atoms with E-state index in [0.29, 0.717) is 24.8 Å².